The second kappa shape index (κ2) is 7.47. The molecule has 30 heavy (non-hydrogen) atoms. The number of carbonyl (C=O) groups is 1. The number of benzene rings is 3. The molecule has 0 saturated heterocycles. The molecule has 1 N–H and O–H groups in total. The van der Waals surface area contributed by atoms with Gasteiger partial charge in [-0.1, -0.05) is 54.0 Å². The number of nitriles is 1. The largest absolute Gasteiger partial charge is 0.477 e. The van der Waals surface area contributed by atoms with E-state index in [2.05, 4.69) is 58.9 Å². The number of carboxylic acid groups (broad SMARTS) is 1. The summed E-state index contributed by atoms with van der Waals surface area (Å²) in [6.45, 7) is 4.32. The molecule has 0 bridgehead atoms. The van der Waals surface area contributed by atoms with Gasteiger partial charge in [-0.05, 0) is 65.2 Å². The summed E-state index contributed by atoms with van der Waals surface area (Å²) < 4.78 is 1.000. The first-order valence-electron chi connectivity index (χ1n) is 9.48. The van der Waals surface area contributed by atoms with Crippen molar-refractivity contribution in [3.63, 3.8) is 0 Å². The standard InChI is InChI=1S/C25H19BrN2O2/c1-25(2)20-13-16(12-17(15-27)24(29)30)8-10-22(20)28(19-6-4-3-5-7-19)23-11-9-18(26)14-21(23)25/h3-14H,1-2H3,(H,29,30)/b17-12+. The van der Waals surface area contributed by atoms with Gasteiger partial charge in [-0.15, -0.1) is 0 Å². The zero-order chi connectivity index (χ0) is 21.5. The molecule has 1 heterocycles. The molecule has 0 radical (unpaired) electrons. The van der Waals surface area contributed by atoms with Gasteiger partial charge in [0.15, 0.2) is 0 Å². The maximum Gasteiger partial charge on any atom is 0.346 e. The van der Waals surface area contributed by atoms with Gasteiger partial charge in [0.05, 0.1) is 11.4 Å². The number of para-hydroxylation sites is 1. The fourth-order valence-electron chi connectivity index (χ4n) is 3.98. The SMILES string of the molecule is CC1(C)c2cc(Br)ccc2N(c2ccccc2)c2ccc(/C=C(\C#N)C(=O)O)cc21. The van der Waals surface area contributed by atoms with Crippen molar-refractivity contribution >= 4 is 45.0 Å². The zero-order valence-corrected chi connectivity index (χ0v) is 18.1. The molecule has 0 unspecified atom stereocenters. The van der Waals surface area contributed by atoms with Crippen LogP contribution in [0.5, 0.6) is 0 Å². The first kappa shape index (κ1) is 19.9. The van der Waals surface area contributed by atoms with Gasteiger partial charge in [0.1, 0.15) is 11.6 Å². The molecule has 0 amide bonds. The molecule has 1 aliphatic heterocycles. The first-order valence-corrected chi connectivity index (χ1v) is 10.3. The van der Waals surface area contributed by atoms with Crippen molar-refractivity contribution in [2.24, 2.45) is 0 Å². The summed E-state index contributed by atoms with van der Waals surface area (Å²) in [5, 5.41) is 18.4. The Morgan fingerprint density at radius 1 is 1.03 bits per heavy atom. The van der Waals surface area contributed by atoms with Gasteiger partial charge in [-0.3, -0.25) is 0 Å². The van der Waals surface area contributed by atoms with Crippen LogP contribution in [0, 0.1) is 11.3 Å². The first-order chi connectivity index (χ1) is 14.3. The molecular formula is C25H19BrN2O2. The van der Waals surface area contributed by atoms with Gasteiger partial charge in [0.25, 0.3) is 0 Å². The smallest absolute Gasteiger partial charge is 0.346 e. The van der Waals surface area contributed by atoms with Crippen LogP contribution in [0.25, 0.3) is 6.08 Å². The summed E-state index contributed by atoms with van der Waals surface area (Å²) in [6.07, 6.45) is 1.42. The normalized spacial score (nSPS) is 14.5. The van der Waals surface area contributed by atoms with Crippen molar-refractivity contribution < 1.29 is 9.90 Å². The Morgan fingerprint density at radius 2 is 1.67 bits per heavy atom. The highest BCUT2D eigenvalue weighted by Crippen LogP contribution is 2.52. The van der Waals surface area contributed by atoms with E-state index in [9.17, 15) is 9.90 Å². The lowest BCUT2D eigenvalue weighted by molar-refractivity contribution is -0.132. The molecule has 0 aromatic heterocycles. The van der Waals surface area contributed by atoms with Crippen molar-refractivity contribution in [3.8, 4) is 6.07 Å². The molecule has 4 rings (SSSR count). The molecule has 148 valence electrons. The third kappa shape index (κ3) is 3.30. The highest BCUT2D eigenvalue weighted by Gasteiger charge is 2.37. The third-order valence-electron chi connectivity index (χ3n) is 5.48. The highest BCUT2D eigenvalue weighted by molar-refractivity contribution is 9.10. The average molecular weight is 459 g/mol. The summed E-state index contributed by atoms with van der Waals surface area (Å²) >= 11 is 3.60. The summed E-state index contributed by atoms with van der Waals surface area (Å²) in [7, 11) is 0. The molecule has 0 atom stereocenters. The predicted octanol–water partition coefficient (Wildman–Crippen LogP) is 6.55. The Kier molecular flexibility index (Phi) is 4.97. The van der Waals surface area contributed by atoms with Crippen LogP contribution in [0.15, 0.2) is 76.8 Å². The predicted molar refractivity (Wildman–Crippen MR) is 122 cm³/mol. The number of rotatable bonds is 3. The number of nitrogens with zero attached hydrogens (tertiary/aromatic N) is 2. The molecule has 3 aromatic rings. The molecule has 3 aromatic carbocycles. The van der Waals surface area contributed by atoms with E-state index < -0.39 is 5.97 Å². The van der Waals surface area contributed by atoms with Crippen molar-refractivity contribution in [2.75, 3.05) is 4.90 Å². The number of hydrogen-bond donors (Lipinski definition) is 1. The highest BCUT2D eigenvalue weighted by atomic mass is 79.9. The van der Waals surface area contributed by atoms with Crippen molar-refractivity contribution in [1.29, 1.82) is 5.26 Å². The Morgan fingerprint density at radius 3 is 2.30 bits per heavy atom. The van der Waals surface area contributed by atoms with E-state index in [1.165, 1.54) is 6.08 Å². The van der Waals surface area contributed by atoms with Crippen molar-refractivity contribution in [1.82, 2.24) is 0 Å². The quantitative estimate of drug-likeness (QED) is 0.356. The Hall–Kier alpha value is -3.36. The maximum atomic E-state index is 11.3. The minimum Gasteiger partial charge on any atom is -0.477 e. The number of aliphatic carboxylic acids is 1. The topological polar surface area (TPSA) is 64.3 Å². The summed E-state index contributed by atoms with van der Waals surface area (Å²) in [4.78, 5) is 13.5. The Labute approximate surface area is 183 Å². The van der Waals surface area contributed by atoms with Crippen LogP contribution in [-0.2, 0) is 10.2 Å². The van der Waals surface area contributed by atoms with Gasteiger partial charge in [0.2, 0.25) is 0 Å². The molecule has 0 fully saturated rings. The fourth-order valence-corrected chi connectivity index (χ4v) is 4.34. The van der Waals surface area contributed by atoms with Crippen LogP contribution < -0.4 is 4.90 Å². The number of hydrogen-bond acceptors (Lipinski definition) is 3. The van der Waals surface area contributed by atoms with Crippen LogP contribution in [0.3, 0.4) is 0 Å². The van der Waals surface area contributed by atoms with E-state index in [4.69, 9.17) is 5.26 Å². The van der Waals surface area contributed by atoms with Crippen LogP contribution in [0.1, 0.15) is 30.5 Å². The van der Waals surface area contributed by atoms with Gasteiger partial charge >= 0.3 is 5.97 Å². The zero-order valence-electron chi connectivity index (χ0n) is 16.6. The van der Waals surface area contributed by atoms with E-state index in [1.54, 1.807) is 6.07 Å². The van der Waals surface area contributed by atoms with E-state index in [0.29, 0.717) is 5.56 Å². The number of halogens is 1. The minimum absolute atomic E-state index is 0.286. The summed E-state index contributed by atoms with van der Waals surface area (Å²) in [5.74, 6) is -1.23. The van der Waals surface area contributed by atoms with Crippen molar-refractivity contribution in [3.05, 3.63) is 93.5 Å². The third-order valence-corrected chi connectivity index (χ3v) is 5.98. The molecule has 0 aliphatic carbocycles. The monoisotopic (exact) mass is 458 g/mol. The Bertz CT molecular complexity index is 1220. The molecule has 1 aliphatic rings. The summed E-state index contributed by atoms with van der Waals surface area (Å²) in [6, 6.07) is 24.0. The van der Waals surface area contributed by atoms with Gasteiger partial charge < -0.3 is 10.0 Å². The summed E-state index contributed by atoms with van der Waals surface area (Å²) in [5.41, 5.74) is 5.49. The lowest BCUT2D eigenvalue weighted by Crippen LogP contribution is -2.30. The van der Waals surface area contributed by atoms with E-state index in [1.807, 2.05) is 42.5 Å². The molecule has 0 spiro atoms. The molecular weight excluding hydrogens is 440 g/mol. The van der Waals surface area contributed by atoms with Crippen LogP contribution in [-0.4, -0.2) is 11.1 Å². The molecule has 4 nitrogen and oxygen atoms in total. The van der Waals surface area contributed by atoms with Crippen molar-refractivity contribution in [2.45, 2.75) is 19.3 Å². The van der Waals surface area contributed by atoms with Crippen LogP contribution in [0.2, 0.25) is 0 Å². The van der Waals surface area contributed by atoms with E-state index >= 15 is 0 Å². The maximum absolute atomic E-state index is 11.3. The van der Waals surface area contributed by atoms with Crippen LogP contribution in [0.4, 0.5) is 17.1 Å². The van der Waals surface area contributed by atoms with Crippen LogP contribution >= 0.6 is 15.9 Å². The number of fused-ring (bicyclic) bond motifs is 2. The van der Waals surface area contributed by atoms with Gasteiger partial charge in [0, 0.05) is 15.6 Å². The molecule has 5 heteroatoms. The lowest BCUT2D eigenvalue weighted by Gasteiger charge is -2.42. The van der Waals surface area contributed by atoms with Gasteiger partial charge in [-0.2, -0.15) is 5.26 Å². The van der Waals surface area contributed by atoms with E-state index in [0.717, 1.165) is 32.7 Å². The molecule has 0 saturated carbocycles. The lowest BCUT2D eigenvalue weighted by atomic mass is 9.73. The van der Waals surface area contributed by atoms with E-state index in [-0.39, 0.29) is 11.0 Å². The number of carboxylic acids is 1. The number of anilines is 3. The fraction of sp³-hybridized carbons (Fsp3) is 0.120. The minimum atomic E-state index is -1.23. The van der Waals surface area contributed by atoms with Gasteiger partial charge in [-0.25, -0.2) is 4.79 Å². The average Bonchev–Trinajstić information content (AvgIpc) is 2.73. The second-order valence-electron chi connectivity index (χ2n) is 7.71. The Balaban J connectivity index is 1.98. The second-order valence-corrected chi connectivity index (χ2v) is 8.62.